The molecule has 2 aromatic rings. The number of hydrogen-bond acceptors (Lipinski definition) is 5. The van der Waals surface area contributed by atoms with Crippen LogP contribution in [0, 0.1) is 5.92 Å². The van der Waals surface area contributed by atoms with Gasteiger partial charge in [0, 0.05) is 18.1 Å². The van der Waals surface area contributed by atoms with E-state index in [0.717, 1.165) is 0 Å². The van der Waals surface area contributed by atoms with Crippen LogP contribution >= 0.6 is 11.6 Å². The summed E-state index contributed by atoms with van der Waals surface area (Å²) in [5.41, 5.74) is 6.21. The van der Waals surface area contributed by atoms with Gasteiger partial charge in [-0.25, -0.2) is 9.97 Å². The maximum atomic E-state index is 12.1. The Balaban J connectivity index is 2.09. The predicted molar refractivity (Wildman–Crippen MR) is 86.2 cm³/mol. The third-order valence-corrected chi connectivity index (χ3v) is 3.00. The minimum atomic E-state index is -0.447. The van der Waals surface area contributed by atoms with E-state index in [4.69, 9.17) is 22.1 Å². The molecule has 0 aliphatic rings. The Bertz CT molecular complexity index is 676. The van der Waals surface area contributed by atoms with Gasteiger partial charge in [0.05, 0.1) is 11.6 Å². The van der Waals surface area contributed by atoms with Crippen LogP contribution in [0.2, 0.25) is 5.02 Å². The van der Waals surface area contributed by atoms with Crippen molar-refractivity contribution >= 4 is 29.0 Å². The van der Waals surface area contributed by atoms with Crippen molar-refractivity contribution < 1.29 is 9.53 Å². The fourth-order valence-electron chi connectivity index (χ4n) is 1.67. The van der Waals surface area contributed by atoms with E-state index in [1.165, 1.54) is 12.4 Å². The number of ether oxygens (including phenoxy) is 1. The minimum absolute atomic E-state index is 0.0683. The number of anilines is 2. The number of amides is 1. The second-order valence-corrected chi connectivity index (χ2v) is 5.50. The molecule has 1 aromatic carbocycles. The summed E-state index contributed by atoms with van der Waals surface area (Å²) < 4.78 is 5.57. The molecule has 7 heteroatoms. The average Bonchev–Trinajstić information content (AvgIpc) is 2.46. The second-order valence-electron chi connectivity index (χ2n) is 5.09. The summed E-state index contributed by atoms with van der Waals surface area (Å²) in [6, 6.07) is 5.02. The standard InChI is InChI=1S/C15H17ClN4O2/c1-9(2)8-22-12-4-3-10(7-11(12)16)20-15(21)13-14(17)19-6-5-18-13/h3-7,9H,8H2,1-2H3,(H2,17,19)(H,20,21). The van der Waals surface area contributed by atoms with Crippen molar-refractivity contribution in [1.29, 1.82) is 0 Å². The van der Waals surface area contributed by atoms with Gasteiger partial charge in [0.2, 0.25) is 0 Å². The molecule has 0 aliphatic heterocycles. The highest BCUT2D eigenvalue weighted by Crippen LogP contribution is 2.28. The van der Waals surface area contributed by atoms with Gasteiger partial charge in [0.1, 0.15) is 5.75 Å². The number of aromatic nitrogens is 2. The average molecular weight is 321 g/mol. The first-order valence-corrected chi connectivity index (χ1v) is 7.15. The normalized spacial score (nSPS) is 10.5. The summed E-state index contributed by atoms with van der Waals surface area (Å²) in [6.45, 7) is 4.67. The lowest BCUT2D eigenvalue weighted by Crippen LogP contribution is -2.16. The van der Waals surface area contributed by atoms with Crippen molar-refractivity contribution in [3.05, 3.63) is 41.3 Å². The van der Waals surface area contributed by atoms with Crippen LogP contribution in [0.15, 0.2) is 30.6 Å². The molecular formula is C15H17ClN4O2. The number of nitrogens with two attached hydrogens (primary N) is 1. The van der Waals surface area contributed by atoms with Crippen molar-refractivity contribution in [3.8, 4) is 5.75 Å². The van der Waals surface area contributed by atoms with Crippen LogP contribution in [0.4, 0.5) is 11.5 Å². The Kier molecular flexibility index (Phi) is 5.16. The van der Waals surface area contributed by atoms with E-state index in [0.29, 0.717) is 29.0 Å². The maximum absolute atomic E-state index is 12.1. The van der Waals surface area contributed by atoms with Gasteiger partial charge in [-0.1, -0.05) is 25.4 Å². The van der Waals surface area contributed by atoms with Crippen molar-refractivity contribution in [3.63, 3.8) is 0 Å². The van der Waals surface area contributed by atoms with Gasteiger partial charge >= 0.3 is 0 Å². The van der Waals surface area contributed by atoms with E-state index in [1.54, 1.807) is 18.2 Å². The van der Waals surface area contributed by atoms with E-state index in [1.807, 2.05) is 13.8 Å². The zero-order valence-corrected chi connectivity index (χ0v) is 13.1. The molecule has 0 unspecified atom stereocenters. The number of benzene rings is 1. The molecule has 0 saturated carbocycles. The molecule has 1 aromatic heterocycles. The second kappa shape index (κ2) is 7.09. The molecule has 1 heterocycles. The topological polar surface area (TPSA) is 90.1 Å². The smallest absolute Gasteiger partial charge is 0.278 e. The summed E-state index contributed by atoms with van der Waals surface area (Å²) in [6.07, 6.45) is 2.82. The molecule has 22 heavy (non-hydrogen) atoms. The highest BCUT2D eigenvalue weighted by molar-refractivity contribution is 6.32. The fourth-order valence-corrected chi connectivity index (χ4v) is 1.90. The molecule has 0 spiro atoms. The third kappa shape index (κ3) is 4.08. The van der Waals surface area contributed by atoms with E-state index >= 15 is 0 Å². The lowest BCUT2D eigenvalue weighted by atomic mass is 10.2. The SMILES string of the molecule is CC(C)COc1ccc(NC(=O)c2nccnc2N)cc1Cl. The quantitative estimate of drug-likeness (QED) is 0.883. The minimum Gasteiger partial charge on any atom is -0.492 e. The summed E-state index contributed by atoms with van der Waals surface area (Å²) >= 11 is 6.14. The Morgan fingerprint density at radius 1 is 1.36 bits per heavy atom. The molecule has 2 rings (SSSR count). The Hall–Kier alpha value is -2.34. The molecule has 3 N–H and O–H groups in total. The lowest BCUT2D eigenvalue weighted by Gasteiger charge is -2.12. The first kappa shape index (κ1) is 16.0. The number of rotatable bonds is 5. The van der Waals surface area contributed by atoms with Crippen LogP contribution in [0.5, 0.6) is 5.75 Å². The summed E-state index contributed by atoms with van der Waals surface area (Å²) in [4.78, 5) is 19.8. The van der Waals surface area contributed by atoms with Crippen LogP contribution in [0.25, 0.3) is 0 Å². The van der Waals surface area contributed by atoms with Crippen LogP contribution in [-0.4, -0.2) is 22.5 Å². The number of carbonyl (C=O) groups is 1. The molecule has 0 atom stereocenters. The first-order chi connectivity index (χ1) is 10.5. The van der Waals surface area contributed by atoms with E-state index in [-0.39, 0.29) is 11.5 Å². The van der Waals surface area contributed by atoms with Gasteiger partial charge in [-0.05, 0) is 24.1 Å². The van der Waals surface area contributed by atoms with Crippen molar-refractivity contribution in [2.45, 2.75) is 13.8 Å². The van der Waals surface area contributed by atoms with Crippen LogP contribution in [0.1, 0.15) is 24.3 Å². The molecule has 0 bridgehead atoms. The summed E-state index contributed by atoms with van der Waals surface area (Å²) in [5.74, 6) is 0.600. The zero-order chi connectivity index (χ0) is 16.1. The summed E-state index contributed by atoms with van der Waals surface area (Å²) in [5, 5.41) is 3.09. The van der Waals surface area contributed by atoms with Crippen molar-refractivity contribution in [1.82, 2.24) is 9.97 Å². The predicted octanol–water partition coefficient (Wildman–Crippen LogP) is 3.00. The van der Waals surface area contributed by atoms with Crippen LogP contribution < -0.4 is 15.8 Å². The largest absolute Gasteiger partial charge is 0.492 e. The highest BCUT2D eigenvalue weighted by atomic mass is 35.5. The molecule has 6 nitrogen and oxygen atoms in total. The Morgan fingerprint density at radius 2 is 2.09 bits per heavy atom. The number of hydrogen-bond donors (Lipinski definition) is 2. The Morgan fingerprint density at radius 3 is 2.73 bits per heavy atom. The van der Waals surface area contributed by atoms with E-state index in [9.17, 15) is 4.79 Å². The van der Waals surface area contributed by atoms with E-state index in [2.05, 4.69) is 15.3 Å². The monoisotopic (exact) mass is 320 g/mol. The molecule has 1 amide bonds. The number of halogens is 1. The zero-order valence-electron chi connectivity index (χ0n) is 12.3. The number of nitrogen functional groups attached to an aromatic ring is 1. The van der Waals surface area contributed by atoms with Gasteiger partial charge < -0.3 is 15.8 Å². The van der Waals surface area contributed by atoms with Crippen molar-refractivity contribution in [2.24, 2.45) is 5.92 Å². The molecule has 116 valence electrons. The number of carbonyl (C=O) groups excluding carboxylic acids is 1. The van der Waals surface area contributed by atoms with Crippen LogP contribution in [-0.2, 0) is 0 Å². The van der Waals surface area contributed by atoms with Gasteiger partial charge in [0.25, 0.3) is 5.91 Å². The van der Waals surface area contributed by atoms with Crippen molar-refractivity contribution in [2.75, 3.05) is 17.7 Å². The fraction of sp³-hybridized carbons (Fsp3) is 0.267. The van der Waals surface area contributed by atoms with Gasteiger partial charge in [-0.2, -0.15) is 0 Å². The molecular weight excluding hydrogens is 304 g/mol. The molecule has 0 fully saturated rings. The number of nitrogens with one attached hydrogen (secondary N) is 1. The number of nitrogens with zero attached hydrogens (tertiary/aromatic N) is 2. The molecule has 0 radical (unpaired) electrons. The lowest BCUT2D eigenvalue weighted by molar-refractivity contribution is 0.102. The first-order valence-electron chi connectivity index (χ1n) is 6.77. The Labute approximate surface area is 133 Å². The van der Waals surface area contributed by atoms with Gasteiger partial charge in [0.15, 0.2) is 11.5 Å². The molecule has 0 aliphatic carbocycles. The highest BCUT2D eigenvalue weighted by Gasteiger charge is 2.13. The molecule has 0 saturated heterocycles. The van der Waals surface area contributed by atoms with Crippen LogP contribution in [0.3, 0.4) is 0 Å². The summed E-state index contributed by atoms with van der Waals surface area (Å²) in [7, 11) is 0. The van der Waals surface area contributed by atoms with Gasteiger partial charge in [-0.3, -0.25) is 4.79 Å². The third-order valence-electron chi connectivity index (χ3n) is 2.70. The maximum Gasteiger partial charge on any atom is 0.278 e. The van der Waals surface area contributed by atoms with E-state index < -0.39 is 5.91 Å². The van der Waals surface area contributed by atoms with Gasteiger partial charge in [-0.15, -0.1) is 0 Å².